The Hall–Kier alpha value is -1.36. The zero-order valence-corrected chi connectivity index (χ0v) is 12.6. The molecular weight excluding hydrogens is 240 g/mol. The molecule has 1 rings (SSSR count). The minimum Gasteiger partial charge on any atom is -0.380 e. The van der Waals surface area contributed by atoms with Gasteiger partial charge in [0, 0.05) is 32.3 Å². The van der Waals surface area contributed by atoms with Crippen molar-refractivity contribution in [1.82, 2.24) is 9.97 Å². The lowest BCUT2D eigenvalue weighted by Gasteiger charge is -2.22. The Morgan fingerprint density at radius 2 is 2.05 bits per heavy atom. The Morgan fingerprint density at radius 3 is 2.68 bits per heavy atom. The van der Waals surface area contributed by atoms with Gasteiger partial charge in [-0.2, -0.15) is 0 Å². The second-order valence-electron chi connectivity index (χ2n) is 4.42. The zero-order valence-electron chi connectivity index (χ0n) is 12.6. The van der Waals surface area contributed by atoms with Gasteiger partial charge in [0.2, 0.25) is 0 Å². The molecule has 0 amide bonds. The smallest absolute Gasteiger partial charge is 0.137 e. The molecule has 0 fully saturated rings. The summed E-state index contributed by atoms with van der Waals surface area (Å²) in [5.74, 6) is 1.96. The highest BCUT2D eigenvalue weighted by molar-refractivity contribution is 5.58. The molecular formula is C14H26N4O. The Bertz CT molecular complexity index is 370. The number of rotatable bonds is 9. The molecule has 0 aliphatic rings. The van der Waals surface area contributed by atoms with Gasteiger partial charge < -0.3 is 15.0 Å². The van der Waals surface area contributed by atoms with E-state index in [0.717, 1.165) is 50.8 Å². The number of nitrogens with one attached hydrogen (secondary N) is 1. The Balaban J connectivity index is 2.87. The normalized spacial score (nSPS) is 10.5. The van der Waals surface area contributed by atoms with E-state index in [0.29, 0.717) is 0 Å². The average molecular weight is 266 g/mol. The number of nitrogens with zero attached hydrogens (tertiary/aromatic N) is 3. The highest BCUT2D eigenvalue weighted by Gasteiger charge is 2.13. The first-order valence-electron chi connectivity index (χ1n) is 7.11. The fraction of sp³-hybridized carbons (Fsp3) is 0.714. The molecule has 108 valence electrons. The number of anilines is 2. The van der Waals surface area contributed by atoms with Crippen molar-refractivity contribution in [3.8, 4) is 0 Å². The lowest BCUT2D eigenvalue weighted by Crippen LogP contribution is -2.25. The summed E-state index contributed by atoms with van der Waals surface area (Å²) in [5, 5.41) is 3.31. The molecule has 1 aromatic rings. The highest BCUT2D eigenvalue weighted by Crippen LogP contribution is 2.23. The third kappa shape index (κ3) is 4.67. The van der Waals surface area contributed by atoms with Crippen molar-refractivity contribution in [2.45, 2.75) is 33.6 Å². The average Bonchev–Trinajstić information content (AvgIpc) is 2.41. The topological polar surface area (TPSA) is 50.3 Å². The van der Waals surface area contributed by atoms with Gasteiger partial charge >= 0.3 is 0 Å². The summed E-state index contributed by atoms with van der Waals surface area (Å²) < 4.78 is 5.40. The molecule has 1 aromatic heterocycles. The summed E-state index contributed by atoms with van der Waals surface area (Å²) in [4.78, 5) is 10.9. The van der Waals surface area contributed by atoms with Crippen LogP contribution in [-0.2, 0) is 11.2 Å². The molecule has 1 N–H and O–H groups in total. The van der Waals surface area contributed by atoms with Gasteiger partial charge in [-0.05, 0) is 20.3 Å². The predicted octanol–water partition coefficient (Wildman–Crippen LogP) is 2.33. The standard InChI is InChI=1S/C14H26N4O/c1-5-8-12-13(15-6-2)16-11-17-14(12)18(4)9-10-19-7-3/h11H,5-10H2,1-4H3,(H,15,16,17). The van der Waals surface area contributed by atoms with Crippen molar-refractivity contribution in [3.05, 3.63) is 11.9 Å². The molecule has 19 heavy (non-hydrogen) atoms. The second-order valence-corrected chi connectivity index (χ2v) is 4.42. The van der Waals surface area contributed by atoms with Crippen LogP contribution in [0.2, 0.25) is 0 Å². The van der Waals surface area contributed by atoms with Gasteiger partial charge in [-0.15, -0.1) is 0 Å². The van der Waals surface area contributed by atoms with Crippen LogP contribution in [0.15, 0.2) is 6.33 Å². The van der Waals surface area contributed by atoms with Crippen molar-refractivity contribution in [2.24, 2.45) is 0 Å². The quantitative estimate of drug-likeness (QED) is 0.695. The fourth-order valence-electron chi connectivity index (χ4n) is 1.98. The van der Waals surface area contributed by atoms with Crippen LogP contribution in [0.3, 0.4) is 0 Å². The van der Waals surface area contributed by atoms with Gasteiger partial charge in [0.05, 0.1) is 6.61 Å². The predicted molar refractivity (Wildman–Crippen MR) is 80.0 cm³/mol. The summed E-state index contributed by atoms with van der Waals surface area (Å²) >= 11 is 0. The molecule has 5 nitrogen and oxygen atoms in total. The minimum atomic E-state index is 0.721. The van der Waals surface area contributed by atoms with Gasteiger partial charge in [-0.1, -0.05) is 13.3 Å². The number of aromatic nitrogens is 2. The lowest BCUT2D eigenvalue weighted by molar-refractivity contribution is 0.154. The molecule has 1 heterocycles. The second kappa shape index (κ2) is 8.69. The third-order valence-corrected chi connectivity index (χ3v) is 2.90. The molecule has 0 unspecified atom stereocenters. The Labute approximate surface area is 116 Å². The lowest BCUT2D eigenvalue weighted by atomic mass is 10.1. The minimum absolute atomic E-state index is 0.721. The van der Waals surface area contributed by atoms with Crippen LogP contribution < -0.4 is 10.2 Å². The number of likely N-dealkylation sites (N-methyl/N-ethyl adjacent to an activating group) is 1. The van der Waals surface area contributed by atoms with E-state index in [1.165, 1.54) is 5.56 Å². The van der Waals surface area contributed by atoms with Gasteiger partial charge in [0.25, 0.3) is 0 Å². The van der Waals surface area contributed by atoms with E-state index in [-0.39, 0.29) is 0 Å². The Kier molecular flexibility index (Phi) is 7.18. The molecule has 0 radical (unpaired) electrons. The van der Waals surface area contributed by atoms with Crippen LogP contribution >= 0.6 is 0 Å². The van der Waals surface area contributed by atoms with E-state index < -0.39 is 0 Å². The molecule has 0 bridgehead atoms. The molecule has 0 aromatic carbocycles. The summed E-state index contributed by atoms with van der Waals surface area (Å²) in [6.07, 6.45) is 3.69. The van der Waals surface area contributed by atoms with Crippen LogP contribution in [-0.4, -0.2) is 43.3 Å². The molecule has 0 aliphatic heterocycles. The monoisotopic (exact) mass is 266 g/mol. The molecule has 0 saturated heterocycles. The van der Waals surface area contributed by atoms with Crippen molar-refractivity contribution in [1.29, 1.82) is 0 Å². The van der Waals surface area contributed by atoms with Crippen LogP contribution in [0, 0.1) is 0 Å². The van der Waals surface area contributed by atoms with E-state index in [2.05, 4.69) is 41.1 Å². The summed E-state index contributed by atoms with van der Waals surface area (Å²) in [6.45, 7) is 9.45. The largest absolute Gasteiger partial charge is 0.380 e. The SMILES string of the molecule is CCCc1c(NCC)ncnc1N(C)CCOCC. The van der Waals surface area contributed by atoms with Crippen molar-refractivity contribution >= 4 is 11.6 Å². The number of hydrogen-bond donors (Lipinski definition) is 1. The van der Waals surface area contributed by atoms with Crippen LogP contribution in [0.4, 0.5) is 11.6 Å². The first-order valence-corrected chi connectivity index (χ1v) is 7.11. The first kappa shape index (κ1) is 15.7. The summed E-state index contributed by atoms with van der Waals surface area (Å²) in [5.41, 5.74) is 1.20. The summed E-state index contributed by atoms with van der Waals surface area (Å²) in [6, 6.07) is 0. The van der Waals surface area contributed by atoms with Crippen LogP contribution in [0.25, 0.3) is 0 Å². The van der Waals surface area contributed by atoms with Crippen LogP contribution in [0.1, 0.15) is 32.8 Å². The molecule has 5 heteroatoms. The van der Waals surface area contributed by atoms with Crippen molar-refractivity contribution < 1.29 is 4.74 Å². The van der Waals surface area contributed by atoms with Gasteiger partial charge in [0.1, 0.15) is 18.0 Å². The van der Waals surface area contributed by atoms with E-state index in [9.17, 15) is 0 Å². The summed E-state index contributed by atoms with van der Waals surface area (Å²) in [7, 11) is 2.05. The van der Waals surface area contributed by atoms with E-state index in [1.807, 2.05) is 6.92 Å². The van der Waals surface area contributed by atoms with E-state index in [1.54, 1.807) is 6.33 Å². The molecule has 0 spiro atoms. The van der Waals surface area contributed by atoms with E-state index >= 15 is 0 Å². The van der Waals surface area contributed by atoms with Gasteiger partial charge in [0.15, 0.2) is 0 Å². The molecule has 0 saturated carbocycles. The Morgan fingerprint density at radius 1 is 1.26 bits per heavy atom. The van der Waals surface area contributed by atoms with Crippen molar-refractivity contribution in [3.63, 3.8) is 0 Å². The molecule has 0 atom stereocenters. The maximum atomic E-state index is 5.40. The maximum absolute atomic E-state index is 5.40. The van der Waals surface area contributed by atoms with Gasteiger partial charge in [-0.25, -0.2) is 9.97 Å². The number of ether oxygens (including phenoxy) is 1. The third-order valence-electron chi connectivity index (χ3n) is 2.90. The van der Waals surface area contributed by atoms with Crippen molar-refractivity contribution in [2.75, 3.05) is 43.6 Å². The maximum Gasteiger partial charge on any atom is 0.137 e. The highest BCUT2D eigenvalue weighted by atomic mass is 16.5. The first-order chi connectivity index (χ1) is 9.24. The fourth-order valence-corrected chi connectivity index (χ4v) is 1.98. The van der Waals surface area contributed by atoms with Crippen LogP contribution in [0.5, 0.6) is 0 Å². The van der Waals surface area contributed by atoms with Gasteiger partial charge in [-0.3, -0.25) is 0 Å². The van der Waals surface area contributed by atoms with E-state index in [4.69, 9.17) is 4.74 Å². The molecule has 0 aliphatic carbocycles. The number of hydrogen-bond acceptors (Lipinski definition) is 5. The zero-order chi connectivity index (χ0) is 14.1.